The van der Waals surface area contributed by atoms with Crippen molar-refractivity contribution in [3.63, 3.8) is 0 Å². The van der Waals surface area contributed by atoms with Gasteiger partial charge < -0.3 is 16.4 Å². The summed E-state index contributed by atoms with van der Waals surface area (Å²) in [6.45, 7) is 1.05. The average Bonchev–Trinajstić information content (AvgIpc) is 2.32. The van der Waals surface area contributed by atoms with Gasteiger partial charge in [-0.15, -0.1) is 0 Å². The Balaban J connectivity index is 1.94. The first kappa shape index (κ1) is 13.8. The maximum Gasteiger partial charge on any atom is 0.401 e. The topological polar surface area (TPSA) is 58.5 Å². The van der Waals surface area contributed by atoms with Gasteiger partial charge in [0.05, 0.1) is 17.9 Å². The molecule has 19 heavy (non-hydrogen) atoms. The first-order valence-corrected chi connectivity index (χ1v) is 6.04. The number of benzene rings is 1. The van der Waals surface area contributed by atoms with Crippen molar-refractivity contribution in [3.05, 3.63) is 18.2 Å². The molecule has 1 aromatic carbocycles. The zero-order chi connectivity index (χ0) is 14.0. The van der Waals surface area contributed by atoms with Crippen LogP contribution in [0.2, 0.25) is 0 Å². The Morgan fingerprint density at radius 2 is 1.63 bits per heavy atom. The van der Waals surface area contributed by atoms with Crippen molar-refractivity contribution >= 4 is 17.1 Å². The summed E-state index contributed by atoms with van der Waals surface area (Å²) in [5.74, 6) is 0. The zero-order valence-electron chi connectivity index (χ0n) is 10.5. The fourth-order valence-corrected chi connectivity index (χ4v) is 2.18. The molecule has 7 heteroatoms. The highest BCUT2D eigenvalue weighted by molar-refractivity contribution is 5.69. The summed E-state index contributed by atoms with van der Waals surface area (Å²) in [5.41, 5.74) is 13.3. The molecule has 0 atom stereocenters. The second kappa shape index (κ2) is 5.16. The van der Waals surface area contributed by atoms with E-state index in [9.17, 15) is 13.2 Å². The number of nitrogens with two attached hydrogens (primary N) is 2. The number of anilines is 3. The fourth-order valence-electron chi connectivity index (χ4n) is 2.18. The van der Waals surface area contributed by atoms with E-state index in [-0.39, 0.29) is 0 Å². The van der Waals surface area contributed by atoms with Crippen molar-refractivity contribution < 1.29 is 13.2 Å². The lowest BCUT2D eigenvalue weighted by Crippen LogP contribution is -2.49. The Kier molecular flexibility index (Phi) is 3.75. The van der Waals surface area contributed by atoms with Crippen LogP contribution in [0.3, 0.4) is 0 Å². The third-order valence-electron chi connectivity index (χ3n) is 3.21. The third kappa shape index (κ3) is 3.66. The summed E-state index contributed by atoms with van der Waals surface area (Å²) < 4.78 is 36.8. The van der Waals surface area contributed by atoms with Crippen LogP contribution < -0.4 is 16.4 Å². The second-order valence-corrected chi connectivity index (χ2v) is 4.69. The van der Waals surface area contributed by atoms with Crippen LogP contribution in [0.15, 0.2) is 18.2 Å². The molecule has 106 valence electrons. The van der Waals surface area contributed by atoms with E-state index in [0.29, 0.717) is 37.6 Å². The summed E-state index contributed by atoms with van der Waals surface area (Å²) >= 11 is 0. The number of nitrogens with zero attached hydrogens (tertiary/aromatic N) is 2. The van der Waals surface area contributed by atoms with Crippen LogP contribution in [0.4, 0.5) is 30.2 Å². The number of hydrogen-bond donors (Lipinski definition) is 2. The van der Waals surface area contributed by atoms with Gasteiger partial charge in [-0.05, 0) is 18.2 Å². The summed E-state index contributed by atoms with van der Waals surface area (Å²) in [6.07, 6.45) is -4.13. The van der Waals surface area contributed by atoms with Gasteiger partial charge in [-0.25, -0.2) is 0 Å². The Morgan fingerprint density at radius 1 is 1.00 bits per heavy atom. The van der Waals surface area contributed by atoms with Crippen LogP contribution in [-0.4, -0.2) is 43.8 Å². The molecular formula is C12H17F3N4. The van der Waals surface area contributed by atoms with Gasteiger partial charge in [0.25, 0.3) is 0 Å². The molecule has 0 amide bonds. The van der Waals surface area contributed by atoms with Crippen molar-refractivity contribution in [2.75, 3.05) is 49.1 Å². The van der Waals surface area contributed by atoms with Gasteiger partial charge >= 0.3 is 6.18 Å². The van der Waals surface area contributed by atoms with Gasteiger partial charge in [-0.3, -0.25) is 4.90 Å². The molecule has 2 rings (SSSR count). The van der Waals surface area contributed by atoms with Gasteiger partial charge in [0.15, 0.2) is 0 Å². The van der Waals surface area contributed by atoms with Gasteiger partial charge in [0, 0.05) is 31.9 Å². The highest BCUT2D eigenvalue weighted by Crippen LogP contribution is 2.24. The first-order valence-electron chi connectivity index (χ1n) is 6.04. The van der Waals surface area contributed by atoms with E-state index < -0.39 is 12.7 Å². The van der Waals surface area contributed by atoms with E-state index in [4.69, 9.17) is 11.5 Å². The zero-order valence-corrected chi connectivity index (χ0v) is 10.5. The minimum Gasteiger partial charge on any atom is -0.397 e. The lowest BCUT2D eigenvalue weighted by molar-refractivity contribution is -0.146. The van der Waals surface area contributed by atoms with E-state index in [1.807, 2.05) is 11.0 Å². The normalized spacial score (nSPS) is 17.7. The maximum atomic E-state index is 12.3. The molecule has 1 saturated heterocycles. The summed E-state index contributed by atoms with van der Waals surface area (Å²) in [4.78, 5) is 3.43. The molecule has 0 spiro atoms. The summed E-state index contributed by atoms with van der Waals surface area (Å²) in [7, 11) is 0. The first-order chi connectivity index (χ1) is 8.85. The van der Waals surface area contributed by atoms with Crippen LogP contribution in [0.25, 0.3) is 0 Å². The van der Waals surface area contributed by atoms with Gasteiger partial charge in [0.1, 0.15) is 0 Å². The summed E-state index contributed by atoms with van der Waals surface area (Å²) in [6, 6.07) is 5.31. The van der Waals surface area contributed by atoms with E-state index in [1.165, 1.54) is 4.90 Å². The minimum absolute atomic E-state index is 0.393. The highest BCUT2D eigenvalue weighted by atomic mass is 19.4. The maximum absolute atomic E-state index is 12.3. The number of halogens is 3. The predicted molar refractivity (Wildman–Crippen MR) is 70.0 cm³/mol. The molecule has 4 N–H and O–H groups in total. The molecule has 1 aromatic rings. The number of rotatable bonds is 2. The van der Waals surface area contributed by atoms with Crippen LogP contribution in [-0.2, 0) is 0 Å². The lowest BCUT2D eigenvalue weighted by atomic mass is 10.2. The van der Waals surface area contributed by atoms with Crippen molar-refractivity contribution in [2.45, 2.75) is 6.18 Å². The molecule has 0 radical (unpaired) electrons. The predicted octanol–water partition coefficient (Wildman–Crippen LogP) is 1.54. The Bertz CT molecular complexity index is 439. The average molecular weight is 274 g/mol. The van der Waals surface area contributed by atoms with Gasteiger partial charge in [-0.1, -0.05) is 0 Å². The van der Waals surface area contributed by atoms with Crippen LogP contribution >= 0.6 is 0 Å². The molecule has 0 aromatic heterocycles. The van der Waals surface area contributed by atoms with E-state index in [2.05, 4.69) is 0 Å². The Hall–Kier alpha value is -1.63. The molecule has 1 heterocycles. The molecule has 1 aliphatic rings. The number of nitrogen functional groups attached to an aromatic ring is 2. The van der Waals surface area contributed by atoms with E-state index >= 15 is 0 Å². The van der Waals surface area contributed by atoms with Crippen LogP contribution in [0.1, 0.15) is 0 Å². The number of hydrogen-bond acceptors (Lipinski definition) is 4. The largest absolute Gasteiger partial charge is 0.401 e. The minimum atomic E-state index is -4.13. The quantitative estimate of drug-likeness (QED) is 0.803. The molecular weight excluding hydrogens is 257 g/mol. The third-order valence-corrected chi connectivity index (χ3v) is 3.21. The Labute approximate surface area is 109 Å². The molecule has 0 unspecified atom stereocenters. The van der Waals surface area contributed by atoms with Gasteiger partial charge in [0.2, 0.25) is 0 Å². The molecule has 0 bridgehead atoms. The number of piperazine rings is 1. The smallest absolute Gasteiger partial charge is 0.397 e. The SMILES string of the molecule is Nc1ccc(N2CCN(CC(F)(F)F)CC2)cc1N. The van der Waals surface area contributed by atoms with Crippen LogP contribution in [0.5, 0.6) is 0 Å². The molecule has 4 nitrogen and oxygen atoms in total. The monoisotopic (exact) mass is 274 g/mol. The van der Waals surface area contributed by atoms with E-state index in [1.54, 1.807) is 12.1 Å². The fraction of sp³-hybridized carbons (Fsp3) is 0.500. The molecule has 1 fully saturated rings. The van der Waals surface area contributed by atoms with Gasteiger partial charge in [-0.2, -0.15) is 13.2 Å². The Morgan fingerprint density at radius 3 is 2.16 bits per heavy atom. The second-order valence-electron chi connectivity index (χ2n) is 4.69. The summed E-state index contributed by atoms with van der Waals surface area (Å²) in [5, 5.41) is 0. The highest BCUT2D eigenvalue weighted by Gasteiger charge is 2.32. The number of alkyl halides is 3. The lowest BCUT2D eigenvalue weighted by Gasteiger charge is -2.36. The standard InChI is InChI=1S/C12H17F3N4/c13-12(14,15)8-18-3-5-19(6-4-18)9-1-2-10(16)11(17)7-9/h1-2,7H,3-6,8,16-17H2. The van der Waals surface area contributed by atoms with Crippen molar-refractivity contribution in [1.29, 1.82) is 0 Å². The van der Waals surface area contributed by atoms with E-state index in [0.717, 1.165) is 5.69 Å². The van der Waals surface area contributed by atoms with Crippen molar-refractivity contribution in [2.24, 2.45) is 0 Å². The van der Waals surface area contributed by atoms with Crippen molar-refractivity contribution in [3.8, 4) is 0 Å². The van der Waals surface area contributed by atoms with Crippen molar-refractivity contribution in [1.82, 2.24) is 4.90 Å². The molecule has 1 aliphatic heterocycles. The van der Waals surface area contributed by atoms with Crippen LogP contribution in [0, 0.1) is 0 Å². The molecule has 0 aliphatic carbocycles. The molecule has 0 saturated carbocycles.